The molecule has 0 aromatic heterocycles. The first kappa shape index (κ1) is 9.93. The number of rotatable bonds is 3. The molecule has 1 aromatic carbocycles. The van der Waals surface area contributed by atoms with Crippen LogP contribution in [0, 0.1) is 0 Å². The van der Waals surface area contributed by atoms with E-state index >= 15 is 0 Å². The van der Waals surface area contributed by atoms with Gasteiger partial charge in [0, 0.05) is 0 Å². The Morgan fingerprint density at radius 1 is 1.53 bits per heavy atom. The third-order valence-electron chi connectivity index (χ3n) is 2.62. The number of fused-ring (bicyclic) bond motifs is 1. The first-order valence-corrected chi connectivity index (χ1v) is 4.93. The van der Waals surface area contributed by atoms with Crippen LogP contribution in [-0.4, -0.2) is 17.1 Å². The first-order valence-electron chi connectivity index (χ1n) is 4.93. The standard InChI is InChI=1S/C12H13NO2/c13-11(12(14)15)7-8-4-5-9-2-1-3-10(9)6-8/h1,3-6,11H,2,7,13H2,(H,14,15). The molecule has 0 heterocycles. The van der Waals surface area contributed by atoms with Gasteiger partial charge in [-0.2, -0.15) is 0 Å². The molecule has 1 aromatic rings. The third kappa shape index (κ3) is 2.07. The van der Waals surface area contributed by atoms with Crippen LogP contribution in [0.1, 0.15) is 16.7 Å². The molecule has 1 unspecified atom stereocenters. The van der Waals surface area contributed by atoms with Crippen molar-refractivity contribution in [2.24, 2.45) is 5.73 Å². The number of hydrogen-bond acceptors (Lipinski definition) is 2. The van der Waals surface area contributed by atoms with Crippen molar-refractivity contribution < 1.29 is 9.90 Å². The van der Waals surface area contributed by atoms with Crippen molar-refractivity contribution >= 4 is 12.0 Å². The van der Waals surface area contributed by atoms with E-state index in [9.17, 15) is 4.79 Å². The molecule has 3 nitrogen and oxygen atoms in total. The minimum Gasteiger partial charge on any atom is -0.480 e. The van der Waals surface area contributed by atoms with Crippen LogP contribution < -0.4 is 5.73 Å². The van der Waals surface area contributed by atoms with Crippen LogP contribution in [0.25, 0.3) is 6.08 Å². The highest BCUT2D eigenvalue weighted by Crippen LogP contribution is 2.21. The number of carboxylic acids is 1. The van der Waals surface area contributed by atoms with Crippen LogP contribution >= 0.6 is 0 Å². The average molecular weight is 203 g/mol. The lowest BCUT2D eigenvalue weighted by Crippen LogP contribution is -2.32. The van der Waals surface area contributed by atoms with E-state index < -0.39 is 12.0 Å². The summed E-state index contributed by atoms with van der Waals surface area (Å²) in [6.07, 6.45) is 5.52. The second-order valence-electron chi connectivity index (χ2n) is 3.79. The molecule has 0 bridgehead atoms. The molecule has 0 saturated heterocycles. The fourth-order valence-electron chi connectivity index (χ4n) is 1.77. The van der Waals surface area contributed by atoms with Crippen molar-refractivity contribution in [2.45, 2.75) is 18.9 Å². The summed E-state index contributed by atoms with van der Waals surface area (Å²) in [4.78, 5) is 10.6. The van der Waals surface area contributed by atoms with Crippen LogP contribution in [0.3, 0.4) is 0 Å². The lowest BCUT2D eigenvalue weighted by Gasteiger charge is -2.07. The zero-order valence-corrected chi connectivity index (χ0v) is 8.31. The Labute approximate surface area is 88.2 Å². The minimum atomic E-state index is -0.953. The monoisotopic (exact) mass is 203 g/mol. The Bertz CT molecular complexity index is 424. The van der Waals surface area contributed by atoms with Gasteiger partial charge in [0.1, 0.15) is 6.04 Å². The molecule has 0 amide bonds. The van der Waals surface area contributed by atoms with E-state index in [1.54, 1.807) is 0 Å². The number of hydrogen-bond donors (Lipinski definition) is 2. The van der Waals surface area contributed by atoms with E-state index in [0.29, 0.717) is 6.42 Å². The fraction of sp³-hybridized carbons (Fsp3) is 0.250. The van der Waals surface area contributed by atoms with Gasteiger partial charge in [0.25, 0.3) is 0 Å². The summed E-state index contributed by atoms with van der Waals surface area (Å²) in [5.41, 5.74) is 8.94. The van der Waals surface area contributed by atoms with Crippen LogP contribution in [-0.2, 0) is 17.6 Å². The van der Waals surface area contributed by atoms with Crippen LogP contribution in [0.5, 0.6) is 0 Å². The zero-order chi connectivity index (χ0) is 10.8. The van der Waals surface area contributed by atoms with Gasteiger partial charge in [-0.1, -0.05) is 30.4 Å². The summed E-state index contributed by atoms with van der Waals surface area (Å²) in [5.74, 6) is -0.953. The van der Waals surface area contributed by atoms with E-state index in [4.69, 9.17) is 10.8 Å². The molecule has 15 heavy (non-hydrogen) atoms. The van der Waals surface area contributed by atoms with E-state index in [2.05, 4.69) is 12.2 Å². The Balaban J connectivity index is 2.16. The summed E-state index contributed by atoms with van der Waals surface area (Å²) >= 11 is 0. The quantitative estimate of drug-likeness (QED) is 0.776. The number of carboxylic acid groups (broad SMARTS) is 1. The molecule has 0 radical (unpaired) electrons. The summed E-state index contributed by atoms with van der Waals surface area (Å²) in [6.45, 7) is 0. The van der Waals surface area contributed by atoms with E-state index in [1.807, 2.05) is 18.2 Å². The number of benzene rings is 1. The lowest BCUT2D eigenvalue weighted by atomic mass is 10.0. The van der Waals surface area contributed by atoms with Crippen LogP contribution in [0.15, 0.2) is 24.3 Å². The van der Waals surface area contributed by atoms with Gasteiger partial charge in [0.05, 0.1) is 0 Å². The third-order valence-corrected chi connectivity index (χ3v) is 2.62. The molecule has 0 fully saturated rings. The van der Waals surface area contributed by atoms with E-state index in [1.165, 1.54) is 11.1 Å². The normalized spacial score (nSPS) is 15.0. The maximum atomic E-state index is 10.6. The highest BCUT2D eigenvalue weighted by molar-refractivity contribution is 5.73. The van der Waals surface area contributed by atoms with Crippen LogP contribution in [0.4, 0.5) is 0 Å². The van der Waals surface area contributed by atoms with E-state index in [0.717, 1.165) is 12.0 Å². The van der Waals surface area contributed by atoms with Crippen molar-refractivity contribution in [1.82, 2.24) is 0 Å². The molecule has 0 spiro atoms. The Morgan fingerprint density at radius 2 is 2.33 bits per heavy atom. The molecular weight excluding hydrogens is 190 g/mol. The Kier molecular flexibility index (Phi) is 2.56. The van der Waals surface area contributed by atoms with Gasteiger partial charge in [-0.3, -0.25) is 4.79 Å². The second kappa shape index (κ2) is 3.87. The van der Waals surface area contributed by atoms with Crippen molar-refractivity contribution in [3.63, 3.8) is 0 Å². The number of carbonyl (C=O) groups is 1. The van der Waals surface area contributed by atoms with Crippen molar-refractivity contribution in [3.8, 4) is 0 Å². The fourth-order valence-corrected chi connectivity index (χ4v) is 1.77. The smallest absolute Gasteiger partial charge is 0.320 e. The lowest BCUT2D eigenvalue weighted by molar-refractivity contribution is -0.138. The predicted molar refractivity (Wildman–Crippen MR) is 58.5 cm³/mol. The molecular formula is C12H13NO2. The van der Waals surface area contributed by atoms with Gasteiger partial charge in [0.15, 0.2) is 0 Å². The van der Waals surface area contributed by atoms with Gasteiger partial charge < -0.3 is 10.8 Å². The Morgan fingerprint density at radius 3 is 3.07 bits per heavy atom. The molecule has 0 aliphatic heterocycles. The van der Waals surface area contributed by atoms with Gasteiger partial charge in [-0.15, -0.1) is 0 Å². The summed E-state index contributed by atoms with van der Waals surface area (Å²) in [6, 6.07) is 5.20. The largest absolute Gasteiger partial charge is 0.480 e. The van der Waals surface area contributed by atoms with E-state index in [-0.39, 0.29) is 0 Å². The molecule has 1 atom stereocenters. The topological polar surface area (TPSA) is 63.3 Å². The van der Waals surface area contributed by atoms with Gasteiger partial charge in [0.2, 0.25) is 0 Å². The maximum absolute atomic E-state index is 10.6. The highest BCUT2D eigenvalue weighted by atomic mass is 16.4. The highest BCUT2D eigenvalue weighted by Gasteiger charge is 2.13. The molecule has 2 rings (SSSR count). The molecule has 3 heteroatoms. The number of aliphatic carboxylic acids is 1. The average Bonchev–Trinajstić information content (AvgIpc) is 2.64. The van der Waals surface area contributed by atoms with Crippen LogP contribution in [0.2, 0.25) is 0 Å². The van der Waals surface area contributed by atoms with Gasteiger partial charge in [-0.05, 0) is 29.5 Å². The maximum Gasteiger partial charge on any atom is 0.320 e. The van der Waals surface area contributed by atoms with Crippen molar-refractivity contribution in [1.29, 1.82) is 0 Å². The molecule has 1 aliphatic rings. The summed E-state index contributed by atoms with van der Waals surface area (Å²) < 4.78 is 0. The molecule has 0 saturated carbocycles. The van der Waals surface area contributed by atoms with Crippen molar-refractivity contribution in [3.05, 3.63) is 41.0 Å². The minimum absolute atomic E-state index is 0.385. The molecule has 3 N–H and O–H groups in total. The Hall–Kier alpha value is -1.61. The summed E-state index contributed by atoms with van der Waals surface area (Å²) in [5, 5.41) is 8.70. The predicted octanol–water partition coefficient (Wildman–Crippen LogP) is 1.21. The van der Waals surface area contributed by atoms with Crippen molar-refractivity contribution in [2.75, 3.05) is 0 Å². The first-order chi connectivity index (χ1) is 7.16. The summed E-state index contributed by atoms with van der Waals surface area (Å²) in [7, 11) is 0. The van der Waals surface area contributed by atoms with Gasteiger partial charge >= 0.3 is 5.97 Å². The van der Waals surface area contributed by atoms with Gasteiger partial charge in [-0.25, -0.2) is 0 Å². The zero-order valence-electron chi connectivity index (χ0n) is 8.31. The molecule has 1 aliphatic carbocycles. The second-order valence-corrected chi connectivity index (χ2v) is 3.79. The SMILES string of the molecule is NC(Cc1ccc2c(c1)C=CC2)C(=O)O. The number of allylic oxidation sites excluding steroid dienone is 1. The molecule has 78 valence electrons. The number of nitrogens with two attached hydrogens (primary N) is 1.